The maximum Gasteiger partial charge on any atom is 0.191 e. The van der Waals surface area contributed by atoms with Gasteiger partial charge in [-0.15, -0.1) is 0 Å². The predicted molar refractivity (Wildman–Crippen MR) is 111 cm³/mol. The van der Waals surface area contributed by atoms with Crippen molar-refractivity contribution in [3.8, 4) is 0 Å². The molecule has 4 rings (SSSR count). The van der Waals surface area contributed by atoms with Crippen LogP contribution in [0.2, 0.25) is 0 Å². The zero-order valence-corrected chi connectivity index (χ0v) is 16.5. The lowest BCUT2D eigenvalue weighted by molar-refractivity contribution is 0.575. The lowest BCUT2D eigenvalue weighted by Gasteiger charge is -2.21. The largest absolute Gasteiger partial charge is 0.365 e. The van der Waals surface area contributed by atoms with E-state index in [1.165, 1.54) is 18.2 Å². The van der Waals surface area contributed by atoms with Gasteiger partial charge in [0.15, 0.2) is 5.96 Å². The van der Waals surface area contributed by atoms with E-state index in [-0.39, 0.29) is 11.7 Å². The van der Waals surface area contributed by atoms with E-state index in [1.807, 2.05) is 35.9 Å². The maximum absolute atomic E-state index is 14.0. The molecule has 152 valence electrons. The predicted octanol–water partition coefficient (Wildman–Crippen LogP) is 2.80. The number of anilines is 1. The van der Waals surface area contributed by atoms with Gasteiger partial charge in [0.1, 0.15) is 23.1 Å². The fraction of sp³-hybridized carbons (Fsp3) is 0.333. The molecule has 0 saturated carbocycles. The van der Waals surface area contributed by atoms with Gasteiger partial charge in [0, 0.05) is 33.2 Å². The fourth-order valence-corrected chi connectivity index (χ4v) is 3.78. The number of nitrogens with one attached hydrogen (secondary N) is 2. The number of hydrogen-bond donors (Lipinski definition) is 2. The number of imidazole rings is 1. The molecule has 2 N–H and O–H groups in total. The van der Waals surface area contributed by atoms with Crippen LogP contribution in [0.15, 0.2) is 47.5 Å². The fourth-order valence-electron chi connectivity index (χ4n) is 3.78. The number of guanidine groups is 1. The second-order valence-corrected chi connectivity index (χ2v) is 7.15. The van der Waals surface area contributed by atoms with Gasteiger partial charge in [0.25, 0.3) is 0 Å². The molecule has 0 amide bonds. The molecule has 0 spiro atoms. The molecule has 1 aromatic heterocycles. The van der Waals surface area contributed by atoms with Gasteiger partial charge in [0.2, 0.25) is 0 Å². The van der Waals surface area contributed by atoms with E-state index >= 15 is 0 Å². The topological polar surface area (TPSA) is 57.5 Å². The molecule has 1 atom stereocenters. The summed E-state index contributed by atoms with van der Waals surface area (Å²) < 4.78 is 30.1. The minimum absolute atomic E-state index is 0.0412. The Morgan fingerprint density at radius 2 is 1.93 bits per heavy atom. The second-order valence-electron chi connectivity index (χ2n) is 7.15. The lowest BCUT2D eigenvalue weighted by Crippen LogP contribution is -2.44. The molecule has 1 aliphatic heterocycles. The first kappa shape index (κ1) is 19.2. The van der Waals surface area contributed by atoms with Crippen LogP contribution < -0.4 is 15.5 Å². The highest BCUT2D eigenvalue weighted by Crippen LogP contribution is 2.26. The lowest BCUT2D eigenvalue weighted by atomic mass is 10.2. The van der Waals surface area contributed by atoms with Crippen LogP contribution >= 0.6 is 0 Å². The van der Waals surface area contributed by atoms with Crippen molar-refractivity contribution >= 4 is 22.7 Å². The van der Waals surface area contributed by atoms with Gasteiger partial charge in [-0.1, -0.05) is 18.2 Å². The van der Waals surface area contributed by atoms with Crippen molar-refractivity contribution in [3.63, 3.8) is 0 Å². The first-order valence-corrected chi connectivity index (χ1v) is 9.63. The maximum atomic E-state index is 14.0. The third-order valence-electron chi connectivity index (χ3n) is 5.30. The van der Waals surface area contributed by atoms with Crippen LogP contribution in [0.1, 0.15) is 12.2 Å². The number of aryl methyl sites for hydroxylation is 1. The van der Waals surface area contributed by atoms with Crippen molar-refractivity contribution in [1.29, 1.82) is 0 Å². The van der Waals surface area contributed by atoms with Crippen molar-refractivity contribution in [3.05, 3.63) is 59.9 Å². The summed E-state index contributed by atoms with van der Waals surface area (Å²) in [5, 5.41) is 6.62. The summed E-state index contributed by atoms with van der Waals surface area (Å²) in [6.45, 7) is 1.60. The Morgan fingerprint density at radius 1 is 1.17 bits per heavy atom. The number of benzene rings is 2. The van der Waals surface area contributed by atoms with E-state index < -0.39 is 11.6 Å². The quantitative estimate of drug-likeness (QED) is 0.524. The molecule has 0 bridgehead atoms. The van der Waals surface area contributed by atoms with Crippen LogP contribution in [-0.4, -0.2) is 41.7 Å². The van der Waals surface area contributed by atoms with Gasteiger partial charge in [-0.25, -0.2) is 13.8 Å². The minimum Gasteiger partial charge on any atom is -0.365 e. The first-order valence-electron chi connectivity index (χ1n) is 9.63. The molecule has 3 aromatic rings. The van der Waals surface area contributed by atoms with Gasteiger partial charge < -0.3 is 20.1 Å². The molecule has 6 nitrogen and oxygen atoms in total. The molecule has 2 aromatic carbocycles. The van der Waals surface area contributed by atoms with E-state index in [9.17, 15) is 8.78 Å². The number of aliphatic imine (C=N–C) groups is 1. The monoisotopic (exact) mass is 398 g/mol. The molecular formula is C21H24F2N6. The van der Waals surface area contributed by atoms with Gasteiger partial charge in [-0.05, 0) is 30.7 Å². The third-order valence-corrected chi connectivity index (χ3v) is 5.30. The number of hydrogen-bond acceptors (Lipinski definition) is 3. The molecule has 29 heavy (non-hydrogen) atoms. The van der Waals surface area contributed by atoms with E-state index in [0.29, 0.717) is 25.6 Å². The highest BCUT2D eigenvalue weighted by atomic mass is 19.1. The summed E-state index contributed by atoms with van der Waals surface area (Å²) >= 11 is 0. The number of rotatable bonds is 4. The molecule has 2 heterocycles. The van der Waals surface area contributed by atoms with E-state index in [1.54, 1.807) is 11.9 Å². The highest BCUT2D eigenvalue weighted by molar-refractivity contribution is 5.80. The first-order chi connectivity index (χ1) is 14.1. The molecule has 8 heteroatoms. The van der Waals surface area contributed by atoms with Gasteiger partial charge in [-0.2, -0.15) is 0 Å². The van der Waals surface area contributed by atoms with Gasteiger partial charge >= 0.3 is 0 Å². The van der Waals surface area contributed by atoms with Crippen LogP contribution in [0.4, 0.5) is 14.5 Å². The normalized spacial score (nSPS) is 17.2. The van der Waals surface area contributed by atoms with Gasteiger partial charge in [-0.3, -0.25) is 4.99 Å². The van der Waals surface area contributed by atoms with Gasteiger partial charge in [0.05, 0.1) is 17.6 Å². The summed E-state index contributed by atoms with van der Waals surface area (Å²) in [6, 6.07) is 12.0. The zero-order chi connectivity index (χ0) is 20.4. The number of nitrogens with zero attached hydrogens (tertiary/aromatic N) is 4. The van der Waals surface area contributed by atoms with Crippen LogP contribution in [0.5, 0.6) is 0 Å². The Morgan fingerprint density at radius 3 is 2.66 bits per heavy atom. The Kier molecular flexibility index (Phi) is 5.33. The van der Waals surface area contributed by atoms with Crippen LogP contribution in [0.3, 0.4) is 0 Å². The Hall–Kier alpha value is -3.16. The van der Waals surface area contributed by atoms with E-state index in [0.717, 1.165) is 23.3 Å². The molecule has 0 radical (unpaired) electrons. The molecule has 1 unspecified atom stereocenters. The SMILES string of the molecule is CN=C(NCc1nc2ccccc2n1C)NC1CCN(c2c(F)cccc2F)C1. The van der Waals surface area contributed by atoms with Crippen molar-refractivity contribution < 1.29 is 8.78 Å². The van der Waals surface area contributed by atoms with Crippen LogP contribution in [-0.2, 0) is 13.6 Å². The van der Waals surface area contributed by atoms with E-state index in [2.05, 4.69) is 20.6 Å². The standard InChI is InChI=1S/C21H24F2N6/c1-24-21(25-12-19-27-17-8-3-4-9-18(17)28(19)2)26-14-10-11-29(13-14)20-15(22)6-5-7-16(20)23/h3-9,14H,10-13H2,1-2H3,(H2,24,25,26). The molecular weight excluding hydrogens is 374 g/mol. The average Bonchev–Trinajstić information content (AvgIpc) is 3.30. The molecule has 1 fully saturated rings. The summed E-state index contributed by atoms with van der Waals surface area (Å²) in [4.78, 5) is 10.7. The Bertz CT molecular complexity index is 1020. The van der Waals surface area contributed by atoms with Crippen molar-refractivity contribution in [2.24, 2.45) is 12.0 Å². The molecule has 0 aliphatic carbocycles. The molecule has 1 saturated heterocycles. The smallest absolute Gasteiger partial charge is 0.191 e. The average molecular weight is 398 g/mol. The van der Waals surface area contributed by atoms with E-state index in [4.69, 9.17) is 0 Å². The summed E-state index contributed by atoms with van der Waals surface area (Å²) in [6.07, 6.45) is 0.765. The summed E-state index contributed by atoms with van der Waals surface area (Å²) in [5.74, 6) is 0.471. The van der Waals surface area contributed by atoms with Crippen molar-refractivity contribution in [2.75, 3.05) is 25.0 Å². The van der Waals surface area contributed by atoms with Crippen molar-refractivity contribution in [1.82, 2.24) is 20.2 Å². The third kappa shape index (κ3) is 3.87. The minimum atomic E-state index is -0.532. The highest BCUT2D eigenvalue weighted by Gasteiger charge is 2.27. The number of halogens is 2. The second kappa shape index (κ2) is 8.06. The number of aromatic nitrogens is 2. The van der Waals surface area contributed by atoms with Crippen molar-refractivity contribution in [2.45, 2.75) is 19.0 Å². The number of fused-ring (bicyclic) bond motifs is 1. The summed E-state index contributed by atoms with van der Waals surface area (Å²) in [7, 11) is 3.69. The summed E-state index contributed by atoms with van der Waals surface area (Å²) in [5.41, 5.74) is 2.07. The van der Waals surface area contributed by atoms with Crippen LogP contribution in [0, 0.1) is 11.6 Å². The Balaban J connectivity index is 1.38. The zero-order valence-electron chi connectivity index (χ0n) is 16.5. The Labute approximate surface area is 168 Å². The number of para-hydroxylation sites is 3. The van der Waals surface area contributed by atoms with Crippen LogP contribution in [0.25, 0.3) is 11.0 Å². The molecule has 1 aliphatic rings.